The Kier molecular flexibility index (Phi) is 7.80. The third kappa shape index (κ3) is 5.43. The molecule has 164 valence electrons. The van der Waals surface area contributed by atoms with Gasteiger partial charge in [-0.1, -0.05) is 65.3 Å². The van der Waals surface area contributed by atoms with Crippen molar-refractivity contribution in [3.63, 3.8) is 0 Å². The molecule has 2 atom stereocenters. The molecule has 1 heterocycles. The summed E-state index contributed by atoms with van der Waals surface area (Å²) in [6.07, 6.45) is 0. The van der Waals surface area contributed by atoms with Gasteiger partial charge < -0.3 is 15.4 Å². The van der Waals surface area contributed by atoms with E-state index in [4.69, 9.17) is 27.9 Å². The normalized spacial score (nSPS) is 17.9. The standard InChI is InChI=1S/C22H17Cl2N3O4S/c1-31-22(30)19-18(12-5-3-2-4-6-12)16(10-25)21(27-20(19)29)32-11-17(28)26-15-8-13(23)7-14(24)9-15/h2-9,18-19H,11H2,1H3,(H,26,28)(H,27,29)/t18-,19-/m0/s1. The van der Waals surface area contributed by atoms with Crippen molar-refractivity contribution < 1.29 is 19.1 Å². The maximum atomic E-state index is 12.8. The van der Waals surface area contributed by atoms with Crippen LogP contribution < -0.4 is 10.6 Å². The smallest absolute Gasteiger partial charge is 0.319 e. The van der Waals surface area contributed by atoms with Crippen molar-refractivity contribution in [2.24, 2.45) is 5.92 Å². The van der Waals surface area contributed by atoms with Crippen molar-refractivity contribution in [1.29, 1.82) is 5.26 Å². The van der Waals surface area contributed by atoms with Crippen LogP contribution in [0, 0.1) is 17.2 Å². The third-order valence-electron chi connectivity index (χ3n) is 4.64. The molecule has 10 heteroatoms. The molecule has 2 aromatic carbocycles. The zero-order chi connectivity index (χ0) is 23.3. The SMILES string of the molecule is COC(=O)[C@@H]1C(=O)NC(SCC(=O)Nc2cc(Cl)cc(Cl)c2)=C(C#N)[C@@H]1c1ccccc1. The molecule has 3 rings (SSSR count). The van der Waals surface area contributed by atoms with Crippen LogP contribution >= 0.6 is 35.0 Å². The molecule has 0 spiro atoms. The second kappa shape index (κ2) is 10.6. The van der Waals surface area contributed by atoms with Gasteiger partial charge in [0.15, 0.2) is 0 Å². The highest BCUT2D eigenvalue weighted by atomic mass is 35.5. The molecule has 0 saturated carbocycles. The topological polar surface area (TPSA) is 108 Å². The van der Waals surface area contributed by atoms with Gasteiger partial charge in [-0.25, -0.2) is 0 Å². The van der Waals surface area contributed by atoms with Crippen LogP contribution in [0.3, 0.4) is 0 Å². The van der Waals surface area contributed by atoms with Gasteiger partial charge in [0.25, 0.3) is 0 Å². The monoisotopic (exact) mass is 489 g/mol. The van der Waals surface area contributed by atoms with Gasteiger partial charge in [-0.3, -0.25) is 14.4 Å². The van der Waals surface area contributed by atoms with Crippen LogP contribution in [-0.4, -0.2) is 30.6 Å². The Bertz CT molecular complexity index is 1110. The number of rotatable bonds is 6. The number of ether oxygens (including phenoxy) is 1. The minimum atomic E-state index is -1.22. The number of carbonyl (C=O) groups excluding carboxylic acids is 3. The van der Waals surface area contributed by atoms with Crippen molar-refractivity contribution in [2.45, 2.75) is 5.92 Å². The van der Waals surface area contributed by atoms with Gasteiger partial charge in [0.2, 0.25) is 11.8 Å². The molecule has 2 amide bonds. The highest BCUT2D eigenvalue weighted by Crippen LogP contribution is 2.40. The van der Waals surface area contributed by atoms with E-state index in [1.54, 1.807) is 42.5 Å². The van der Waals surface area contributed by atoms with Gasteiger partial charge in [-0.05, 0) is 23.8 Å². The molecule has 0 aromatic heterocycles. The van der Waals surface area contributed by atoms with Gasteiger partial charge >= 0.3 is 5.97 Å². The second-order valence-electron chi connectivity index (χ2n) is 6.73. The number of nitrogens with one attached hydrogen (secondary N) is 2. The first-order valence-corrected chi connectivity index (χ1v) is 11.0. The average Bonchev–Trinajstić information content (AvgIpc) is 2.76. The van der Waals surface area contributed by atoms with Gasteiger partial charge in [0, 0.05) is 21.7 Å². The van der Waals surface area contributed by atoms with Crippen LogP contribution in [0.15, 0.2) is 59.1 Å². The lowest BCUT2D eigenvalue weighted by Gasteiger charge is -2.30. The number of nitriles is 1. The molecular weight excluding hydrogens is 473 g/mol. The van der Waals surface area contributed by atoms with Crippen LogP contribution in [0.2, 0.25) is 10.0 Å². The van der Waals surface area contributed by atoms with E-state index in [2.05, 4.69) is 16.7 Å². The molecule has 1 aliphatic heterocycles. The highest BCUT2D eigenvalue weighted by molar-refractivity contribution is 8.03. The van der Waals surface area contributed by atoms with Crippen LogP contribution in [0.1, 0.15) is 11.5 Å². The Morgan fingerprint density at radius 2 is 1.84 bits per heavy atom. The van der Waals surface area contributed by atoms with Crippen molar-refractivity contribution in [3.8, 4) is 6.07 Å². The van der Waals surface area contributed by atoms with Crippen molar-refractivity contribution >= 4 is 58.4 Å². The lowest BCUT2D eigenvalue weighted by atomic mass is 9.78. The molecule has 0 fully saturated rings. The fourth-order valence-corrected chi connectivity index (χ4v) is 4.68. The minimum absolute atomic E-state index is 0.102. The minimum Gasteiger partial charge on any atom is -0.468 e. The molecule has 1 aliphatic rings. The fourth-order valence-electron chi connectivity index (χ4n) is 3.30. The molecule has 0 aliphatic carbocycles. The summed E-state index contributed by atoms with van der Waals surface area (Å²) in [6.45, 7) is 0. The number of amides is 2. The summed E-state index contributed by atoms with van der Waals surface area (Å²) < 4.78 is 4.80. The number of halogens is 2. The summed E-state index contributed by atoms with van der Waals surface area (Å²) in [4.78, 5) is 37.5. The molecule has 0 saturated heterocycles. The summed E-state index contributed by atoms with van der Waals surface area (Å²) in [5, 5.41) is 16.1. The predicted octanol–water partition coefficient (Wildman–Crippen LogP) is 4.10. The van der Waals surface area contributed by atoms with E-state index >= 15 is 0 Å². The molecule has 2 N–H and O–H groups in total. The Morgan fingerprint density at radius 3 is 2.44 bits per heavy atom. The number of benzene rings is 2. The number of hydrogen-bond acceptors (Lipinski definition) is 6. The zero-order valence-corrected chi connectivity index (χ0v) is 19.1. The van der Waals surface area contributed by atoms with Crippen molar-refractivity contribution in [1.82, 2.24) is 5.32 Å². The number of hydrogen-bond donors (Lipinski definition) is 2. The van der Waals surface area contributed by atoms with Gasteiger partial charge in [-0.15, -0.1) is 0 Å². The largest absolute Gasteiger partial charge is 0.468 e. The second-order valence-corrected chi connectivity index (χ2v) is 8.59. The van der Waals surface area contributed by atoms with E-state index in [1.807, 2.05) is 0 Å². The number of allylic oxidation sites excluding steroid dienone is 1. The number of esters is 1. The van der Waals surface area contributed by atoms with E-state index in [-0.39, 0.29) is 16.4 Å². The lowest BCUT2D eigenvalue weighted by molar-refractivity contribution is -0.150. The van der Waals surface area contributed by atoms with Crippen LogP contribution in [-0.2, 0) is 19.1 Å². The van der Waals surface area contributed by atoms with Crippen molar-refractivity contribution in [3.05, 3.63) is 74.7 Å². The molecule has 0 unspecified atom stereocenters. The summed E-state index contributed by atoms with van der Waals surface area (Å²) >= 11 is 12.9. The maximum absolute atomic E-state index is 12.8. The average molecular weight is 490 g/mol. The predicted molar refractivity (Wildman–Crippen MR) is 123 cm³/mol. The molecule has 7 nitrogen and oxygen atoms in total. The van der Waals surface area contributed by atoms with Crippen LogP contribution in [0.25, 0.3) is 0 Å². The van der Waals surface area contributed by atoms with E-state index in [0.29, 0.717) is 21.3 Å². The lowest BCUT2D eigenvalue weighted by Crippen LogP contribution is -2.44. The molecule has 0 radical (unpaired) electrons. The molecule has 2 aromatic rings. The maximum Gasteiger partial charge on any atom is 0.319 e. The highest BCUT2D eigenvalue weighted by Gasteiger charge is 2.44. The number of anilines is 1. The Morgan fingerprint density at radius 1 is 1.19 bits per heavy atom. The Labute approximate surface area is 198 Å². The molecule has 0 bridgehead atoms. The third-order valence-corrected chi connectivity index (χ3v) is 6.09. The number of nitrogens with zero attached hydrogens (tertiary/aromatic N) is 1. The van der Waals surface area contributed by atoms with Gasteiger partial charge in [0.05, 0.1) is 29.5 Å². The van der Waals surface area contributed by atoms with E-state index < -0.39 is 29.6 Å². The zero-order valence-electron chi connectivity index (χ0n) is 16.7. The van der Waals surface area contributed by atoms with E-state index in [0.717, 1.165) is 11.8 Å². The first kappa shape index (κ1) is 23.7. The van der Waals surface area contributed by atoms with Gasteiger partial charge in [-0.2, -0.15) is 5.26 Å². The van der Waals surface area contributed by atoms with Crippen LogP contribution in [0.4, 0.5) is 5.69 Å². The van der Waals surface area contributed by atoms with Crippen molar-refractivity contribution in [2.75, 3.05) is 18.2 Å². The summed E-state index contributed by atoms with van der Waals surface area (Å²) in [5.41, 5.74) is 1.21. The number of thioether (sulfide) groups is 1. The Hall–Kier alpha value is -2.99. The first-order valence-electron chi connectivity index (χ1n) is 9.30. The quantitative estimate of drug-likeness (QED) is 0.466. The fraction of sp³-hybridized carbons (Fsp3) is 0.182. The van der Waals surface area contributed by atoms with E-state index in [1.165, 1.54) is 13.2 Å². The van der Waals surface area contributed by atoms with Gasteiger partial charge in [0.1, 0.15) is 5.92 Å². The first-order chi connectivity index (χ1) is 15.3. The number of methoxy groups -OCH3 is 1. The van der Waals surface area contributed by atoms with E-state index in [9.17, 15) is 19.6 Å². The summed E-state index contributed by atoms with van der Waals surface area (Å²) in [7, 11) is 1.18. The molecule has 32 heavy (non-hydrogen) atoms. The number of carbonyl (C=O) groups is 3. The Balaban J connectivity index is 1.86. The van der Waals surface area contributed by atoms with Crippen LogP contribution in [0.5, 0.6) is 0 Å². The summed E-state index contributed by atoms with van der Waals surface area (Å²) in [5.74, 6) is -3.89. The summed E-state index contributed by atoms with van der Waals surface area (Å²) in [6, 6.07) is 15.5. The molecular formula is C22H17Cl2N3O4S.